The Kier molecular flexibility index (Phi) is 2.81. The normalized spacial score (nSPS) is 55.8. The van der Waals surface area contributed by atoms with Gasteiger partial charge >= 0.3 is 0 Å². The summed E-state index contributed by atoms with van der Waals surface area (Å²) in [6.07, 6.45) is 4.37. The van der Waals surface area contributed by atoms with Crippen LogP contribution < -0.4 is 0 Å². The molecule has 0 amide bonds. The van der Waals surface area contributed by atoms with E-state index in [1.807, 2.05) is 30.3 Å². The van der Waals surface area contributed by atoms with E-state index in [-0.39, 0.29) is 36.6 Å². The van der Waals surface area contributed by atoms with Crippen molar-refractivity contribution in [2.24, 2.45) is 71.0 Å². The molecule has 6 fully saturated rings. The minimum atomic E-state index is -0.254. The number of fused-ring (bicyclic) bond motifs is 2. The quantitative estimate of drug-likeness (QED) is 0.442. The lowest BCUT2D eigenvalue weighted by atomic mass is 9.78. The minimum Gasteiger partial charge on any atom is -0.351 e. The number of hydrogen-bond donors (Lipinski definition) is 0. The van der Waals surface area contributed by atoms with Crippen LogP contribution in [0.4, 0.5) is 0 Å². The fourth-order valence-corrected chi connectivity index (χ4v) is 9.86. The average Bonchev–Trinajstić information content (AvgIpc) is 3.51. The van der Waals surface area contributed by atoms with Gasteiger partial charge in [-0.05, 0) is 52.9 Å². The van der Waals surface area contributed by atoms with E-state index in [2.05, 4.69) is 12.2 Å². The largest absolute Gasteiger partial charge is 0.351 e. The predicted octanol–water partition coefficient (Wildman–Crippen LogP) is 2.73. The van der Waals surface area contributed by atoms with E-state index < -0.39 is 0 Å². The fraction of sp³-hybridized carbons (Fsp3) is 0.600. The van der Waals surface area contributed by atoms with Crippen LogP contribution in [0.25, 0.3) is 0 Å². The third-order valence-electron chi connectivity index (χ3n) is 10.1. The summed E-state index contributed by atoms with van der Waals surface area (Å²) in [6, 6.07) is 10.0. The molecule has 0 N–H and O–H groups in total. The molecule has 0 heterocycles. The molecule has 0 spiro atoms. The van der Waals surface area contributed by atoms with Gasteiger partial charge in [-0.15, -0.1) is 0 Å². The zero-order valence-corrected chi connectivity index (χ0v) is 16.1. The van der Waals surface area contributed by atoms with Crippen LogP contribution in [-0.2, 0) is 25.7 Å². The topological polar surface area (TPSA) is 52.6 Å². The smallest absolute Gasteiger partial charge is 0.147 e. The van der Waals surface area contributed by atoms with Crippen LogP contribution >= 0.6 is 0 Å². The Bertz CT molecular complexity index is 916. The summed E-state index contributed by atoms with van der Waals surface area (Å²) in [4.78, 5) is 27.1. The van der Waals surface area contributed by atoms with Gasteiger partial charge in [-0.2, -0.15) is 0 Å². The maximum absolute atomic E-state index is 13.6. The Morgan fingerprint density at radius 3 is 1.90 bits per heavy atom. The van der Waals surface area contributed by atoms with Crippen molar-refractivity contribution in [3.63, 3.8) is 0 Å². The molecule has 7 aliphatic rings. The molecule has 0 bridgehead atoms. The van der Waals surface area contributed by atoms with Crippen molar-refractivity contribution in [1.82, 2.24) is 0 Å². The molecule has 0 radical (unpaired) electrons. The Morgan fingerprint density at radius 1 is 0.690 bits per heavy atom. The number of carbonyl (C=O) groups is 2. The molecule has 8 rings (SSSR count). The van der Waals surface area contributed by atoms with Crippen LogP contribution in [0.1, 0.15) is 5.56 Å². The zero-order valence-electron chi connectivity index (χ0n) is 16.1. The minimum absolute atomic E-state index is 0.0655. The molecule has 4 heteroatoms. The summed E-state index contributed by atoms with van der Waals surface area (Å²) in [6.45, 7) is 0.653. The van der Waals surface area contributed by atoms with Gasteiger partial charge in [-0.3, -0.25) is 9.59 Å². The van der Waals surface area contributed by atoms with Gasteiger partial charge in [-0.25, -0.2) is 0 Å². The van der Waals surface area contributed by atoms with Crippen molar-refractivity contribution in [1.29, 1.82) is 0 Å². The van der Waals surface area contributed by atoms with Crippen LogP contribution in [0.5, 0.6) is 0 Å². The van der Waals surface area contributed by atoms with Crippen LogP contribution in [0.15, 0.2) is 42.5 Å². The van der Waals surface area contributed by atoms with Crippen LogP contribution in [0.2, 0.25) is 0 Å². The maximum Gasteiger partial charge on any atom is 0.147 e. The van der Waals surface area contributed by atoms with Gasteiger partial charge in [0.2, 0.25) is 0 Å². The first kappa shape index (κ1) is 16.0. The lowest BCUT2D eigenvalue weighted by molar-refractivity contribution is -0.149. The molecule has 148 valence electrons. The first-order valence-electron chi connectivity index (χ1n) is 11.3. The van der Waals surface area contributed by atoms with Gasteiger partial charge in [0.15, 0.2) is 0 Å². The Labute approximate surface area is 169 Å². The van der Waals surface area contributed by atoms with E-state index in [0.717, 1.165) is 5.56 Å². The molecule has 13 atom stereocenters. The molecular formula is C25H24O4. The van der Waals surface area contributed by atoms with Gasteiger partial charge in [0.25, 0.3) is 0 Å². The lowest BCUT2D eigenvalue weighted by Gasteiger charge is -2.28. The SMILES string of the molecule is O=C1[C@H]2[C@H]3C4C5[C@@H](C=C[C@@H]52)[C@H]2C(=O)[C@H]5C(OCOCc6ccccc6)[C@@H]1[C@H]3[C@H]5[C@@H]42. The molecule has 6 saturated carbocycles. The third-order valence-corrected chi connectivity index (χ3v) is 10.1. The van der Waals surface area contributed by atoms with Gasteiger partial charge in [0.1, 0.15) is 18.4 Å². The molecule has 0 aliphatic heterocycles. The second-order valence-electron chi connectivity index (χ2n) is 10.5. The van der Waals surface area contributed by atoms with Crippen molar-refractivity contribution in [2.75, 3.05) is 6.79 Å². The monoisotopic (exact) mass is 388 g/mol. The summed E-state index contributed by atoms with van der Waals surface area (Å²) in [5, 5.41) is 0. The maximum atomic E-state index is 13.6. The second-order valence-corrected chi connectivity index (χ2v) is 10.5. The highest BCUT2D eigenvalue weighted by Gasteiger charge is 2.85. The van der Waals surface area contributed by atoms with Gasteiger partial charge in [-0.1, -0.05) is 42.5 Å². The van der Waals surface area contributed by atoms with E-state index in [1.54, 1.807) is 0 Å². The number of hydrogen-bond acceptors (Lipinski definition) is 4. The van der Waals surface area contributed by atoms with Crippen molar-refractivity contribution in [3.8, 4) is 0 Å². The first-order chi connectivity index (χ1) is 14.3. The summed E-state index contributed by atoms with van der Waals surface area (Å²) in [5.74, 6) is 5.01. The molecule has 1 aromatic carbocycles. The molecule has 29 heavy (non-hydrogen) atoms. The number of benzene rings is 1. The molecule has 1 aromatic rings. The number of carbonyl (C=O) groups excluding carboxylic acids is 2. The van der Waals surface area contributed by atoms with Crippen LogP contribution in [-0.4, -0.2) is 24.5 Å². The van der Waals surface area contributed by atoms with Gasteiger partial charge < -0.3 is 9.47 Å². The molecule has 4 nitrogen and oxygen atoms in total. The lowest BCUT2D eigenvalue weighted by Crippen LogP contribution is -2.39. The summed E-state index contributed by atoms with van der Waals surface area (Å²) in [7, 11) is 0. The van der Waals surface area contributed by atoms with Crippen LogP contribution in [0.3, 0.4) is 0 Å². The number of allylic oxidation sites excluding steroid dienone is 2. The number of Topliss-reactive ketones (excluding diaryl/α,β-unsaturated/α-hetero) is 2. The molecule has 3 unspecified atom stereocenters. The second kappa shape index (κ2) is 5.09. The fourth-order valence-electron chi connectivity index (χ4n) is 9.86. The highest BCUT2D eigenvalue weighted by Crippen LogP contribution is 2.82. The van der Waals surface area contributed by atoms with E-state index in [4.69, 9.17) is 9.47 Å². The Balaban J connectivity index is 1.11. The Hall–Kier alpha value is -1.78. The zero-order chi connectivity index (χ0) is 19.0. The average molecular weight is 388 g/mol. The third kappa shape index (κ3) is 1.59. The van der Waals surface area contributed by atoms with Crippen molar-refractivity contribution in [2.45, 2.75) is 12.7 Å². The van der Waals surface area contributed by atoms with Crippen LogP contribution in [0, 0.1) is 71.0 Å². The molecule has 0 saturated heterocycles. The standard InChI is InChI=1S/C25H24O4/c26-23-14-11-6-7-12-13(11)16-17(14)19-20-18(16)15(12)24(27)22(20)25(21(19)23)29-9-28-8-10-4-2-1-3-5-10/h1-7,11-22,25H,8-9H2/t11-,12+,13?,14-,15-,16?,17-,18+,19-,20-,21+,22-,25?/m1/s1. The molecule has 7 aliphatic carbocycles. The molecule has 0 aromatic heterocycles. The summed E-state index contributed by atoms with van der Waals surface area (Å²) < 4.78 is 12.0. The van der Waals surface area contributed by atoms with E-state index in [0.29, 0.717) is 65.5 Å². The van der Waals surface area contributed by atoms with E-state index in [1.165, 1.54) is 0 Å². The van der Waals surface area contributed by atoms with Crippen molar-refractivity contribution in [3.05, 3.63) is 48.0 Å². The number of rotatable bonds is 5. The van der Waals surface area contributed by atoms with Gasteiger partial charge in [0, 0.05) is 23.7 Å². The number of ether oxygens (including phenoxy) is 2. The Morgan fingerprint density at radius 2 is 1.28 bits per heavy atom. The van der Waals surface area contributed by atoms with E-state index in [9.17, 15) is 9.59 Å². The highest BCUT2D eigenvalue weighted by atomic mass is 16.7. The molecular weight excluding hydrogens is 364 g/mol. The van der Waals surface area contributed by atoms with Crippen molar-refractivity contribution < 1.29 is 19.1 Å². The summed E-state index contributed by atoms with van der Waals surface area (Å²) in [5.41, 5.74) is 1.11. The van der Waals surface area contributed by atoms with Crippen molar-refractivity contribution >= 4 is 11.6 Å². The number of ketones is 2. The first-order valence-corrected chi connectivity index (χ1v) is 11.3. The van der Waals surface area contributed by atoms with E-state index >= 15 is 0 Å². The summed E-state index contributed by atoms with van der Waals surface area (Å²) >= 11 is 0. The van der Waals surface area contributed by atoms with Gasteiger partial charge in [0.05, 0.1) is 12.7 Å². The predicted molar refractivity (Wildman–Crippen MR) is 102 cm³/mol. The highest BCUT2D eigenvalue weighted by molar-refractivity contribution is 5.96.